The number of likely N-dealkylation sites (tertiary alicyclic amines) is 1. The molecule has 1 atom stereocenters. The lowest BCUT2D eigenvalue weighted by molar-refractivity contribution is -0.142. The molecule has 2 amide bonds. The van der Waals surface area contributed by atoms with Gasteiger partial charge >= 0.3 is 0 Å². The minimum Gasteiger partial charge on any atom is -0.353 e. The number of nitrogens with zero attached hydrogens (tertiary/aromatic N) is 1. The lowest BCUT2D eigenvalue weighted by Crippen LogP contribution is -2.60. The van der Waals surface area contributed by atoms with E-state index in [0.29, 0.717) is 25.6 Å². The van der Waals surface area contributed by atoms with E-state index in [-0.39, 0.29) is 17.9 Å². The van der Waals surface area contributed by atoms with Gasteiger partial charge in [-0.2, -0.15) is 0 Å². The van der Waals surface area contributed by atoms with E-state index in [2.05, 4.69) is 5.32 Å². The van der Waals surface area contributed by atoms with Crippen LogP contribution in [0.4, 0.5) is 0 Å². The molecule has 5 nitrogen and oxygen atoms in total. The summed E-state index contributed by atoms with van der Waals surface area (Å²) in [7, 11) is 0. The quantitative estimate of drug-likeness (QED) is 0.585. The van der Waals surface area contributed by atoms with E-state index in [1.807, 2.05) is 0 Å². The molecular weight excluding hydrogens is 194 g/mol. The summed E-state index contributed by atoms with van der Waals surface area (Å²) in [5.74, 6) is 0.118. The Bertz CT molecular complexity index is 276. The van der Waals surface area contributed by atoms with Crippen LogP contribution in [0.1, 0.15) is 25.7 Å². The molecule has 0 aromatic carbocycles. The zero-order valence-corrected chi connectivity index (χ0v) is 8.74. The van der Waals surface area contributed by atoms with Gasteiger partial charge in [0, 0.05) is 25.6 Å². The third-order valence-corrected chi connectivity index (χ3v) is 2.82. The van der Waals surface area contributed by atoms with Crippen molar-refractivity contribution in [2.45, 2.75) is 37.8 Å². The first-order valence-corrected chi connectivity index (χ1v) is 5.50. The molecule has 0 radical (unpaired) electrons. The number of carbonyl (C=O) groups is 2. The maximum absolute atomic E-state index is 11.3. The van der Waals surface area contributed by atoms with Crippen LogP contribution >= 0.6 is 0 Å². The Kier molecular flexibility index (Phi) is 2.90. The van der Waals surface area contributed by atoms with Gasteiger partial charge < -0.3 is 16.0 Å². The molecule has 0 bridgehead atoms. The summed E-state index contributed by atoms with van der Waals surface area (Å²) in [5, 5.41) is 2.92. The van der Waals surface area contributed by atoms with Crippen LogP contribution in [0, 0.1) is 0 Å². The summed E-state index contributed by atoms with van der Waals surface area (Å²) in [6.45, 7) is 1.30. The van der Waals surface area contributed by atoms with E-state index in [9.17, 15) is 9.59 Å². The molecule has 0 aromatic heterocycles. The van der Waals surface area contributed by atoms with Crippen LogP contribution in [-0.2, 0) is 9.59 Å². The molecule has 15 heavy (non-hydrogen) atoms. The molecule has 0 spiro atoms. The van der Waals surface area contributed by atoms with E-state index in [1.165, 1.54) is 0 Å². The minimum absolute atomic E-state index is 0.0117. The maximum Gasteiger partial charge on any atom is 0.241 e. The highest BCUT2D eigenvalue weighted by Crippen LogP contribution is 2.18. The molecular formula is C10H17N3O2. The number of β-lactam (4-membered cyclic amide) rings is 1. The fourth-order valence-corrected chi connectivity index (χ4v) is 1.69. The van der Waals surface area contributed by atoms with Crippen LogP contribution in [0.25, 0.3) is 0 Å². The highest BCUT2D eigenvalue weighted by atomic mass is 16.2. The average Bonchev–Trinajstić information content (AvgIpc) is 3.00. The normalized spacial score (nSPS) is 25.0. The van der Waals surface area contributed by atoms with Crippen molar-refractivity contribution < 1.29 is 9.59 Å². The number of carbonyl (C=O) groups excluding carboxylic acids is 2. The Hall–Kier alpha value is -1.10. The van der Waals surface area contributed by atoms with Crippen LogP contribution in [-0.4, -0.2) is 41.9 Å². The second kappa shape index (κ2) is 4.18. The van der Waals surface area contributed by atoms with Gasteiger partial charge in [-0.05, 0) is 19.3 Å². The topological polar surface area (TPSA) is 75.4 Å². The smallest absolute Gasteiger partial charge is 0.241 e. The van der Waals surface area contributed by atoms with Crippen LogP contribution in [0.5, 0.6) is 0 Å². The number of amides is 2. The molecule has 0 aromatic rings. The fraction of sp³-hybridized carbons (Fsp3) is 0.800. The standard InChI is InChI=1S/C10H17N3O2/c11-8-6-13(10(8)15)5-1-2-9(14)12-7-3-4-7/h7-8H,1-6,11H2,(H,12,14). The average molecular weight is 211 g/mol. The van der Waals surface area contributed by atoms with Gasteiger partial charge in [0.25, 0.3) is 0 Å². The largest absolute Gasteiger partial charge is 0.353 e. The van der Waals surface area contributed by atoms with Gasteiger partial charge in [0.2, 0.25) is 11.8 Å². The molecule has 2 fully saturated rings. The van der Waals surface area contributed by atoms with Gasteiger partial charge in [-0.1, -0.05) is 0 Å². The van der Waals surface area contributed by atoms with Crippen molar-refractivity contribution in [3.63, 3.8) is 0 Å². The second-order valence-corrected chi connectivity index (χ2v) is 4.34. The Morgan fingerprint density at radius 2 is 2.27 bits per heavy atom. The molecule has 2 aliphatic rings. The van der Waals surface area contributed by atoms with E-state index < -0.39 is 0 Å². The highest BCUT2D eigenvalue weighted by Gasteiger charge is 2.32. The van der Waals surface area contributed by atoms with Crippen LogP contribution in [0.3, 0.4) is 0 Å². The Labute approximate surface area is 89.0 Å². The van der Waals surface area contributed by atoms with Crippen LogP contribution < -0.4 is 11.1 Å². The van der Waals surface area contributed by atoms with Crippen molar-refractivity contribution in [1.82, 2.24) is 10.2 Å². The number of hydrogen-bond donors (Lipinski definition) is 2. The van der Waals surface area contributed by atoms with E-state index in [0.717, 1.165) is 19.3 Å². The zero-order valence-electron chi connectivity index (χ0n) is 8.74. The number of hydrogen-bond acceptors (Lipinski definition) is 3. The zero-order chi connectivity index (χ0) is 10.8. The lowest BCUT2D eigenvalue weighted by Gasteiger charge is -2.36. The summed E-state index contributed by atoms with van der Waals surface area (Å²) in [5.41, 5.74) is 5.45. The van der Waals surface area contributed by atoms with Gasteiger partial charge in [-0.3, -0.25) is 9.59 Å². The first kappa shape index (κ1) is 10.4. The molecule has 1 saturated carbocycles. The van der Waals surface area contributed by atoms with E-state index in [1.54, 1.807) is 4.90 Å². The van der Waals surface area contributed by atoms with Crippen LogP contribution in [0.15, 0.2) is 0 Å². The van der Waals surface area contributed by atoms with E-state index >= 15 is 0 Å². The lowest BCUT2D eigenvalue weighted by atomic mass is 10.1. The third-order valence-electron chi connectivity index (χ3n) is 2.82. The maximum atomic E-state index is 11.3. The Morgan fingerprint density at radius 1 is 1.53 bits per heavy atom. The van der Waals surface area contributed by atoms with Crippen molar-refractivity contribution in [3.05, 3.63) is 0 Å². The van der Waals surface area contributed by atoms with Gasteiger partial charge in [0.05, 0.1) is 0 Å². The van der Waals surface area contributed by atoms with Gasteiger partial charge in [0.15, 0.2) is 0 Å². The molecule has 1 saturated heterocycles. The van der Waals surface area contributed by atoms with Crippen molar-refractivity contribution in [3.8, 4) is 0 Å². The Morgan fingerprint density at radius 3 is 2.80 bits per heavy atom. The molecule has 1 heterocycles. The predicted octanol–water partition coefficient (Wildman–Crippen LogP) is -0.785. The summed E-state index contributed by atoms with van der Waals surface area (Å²) >= 11 is 0. The third kappa shape index (κ3) is 2.68. The van der Waals surface area contributed by atoms with E-state index in [4.69, 9.17) is 5.73 Å². The monoisotopic (exact) mass is 211 g/mol. The predicted molar refractivity (Wildman–Crippen MR) is 55.0 cm³/mol. The van der Waals surface area contributed by atoms with Crippen molar-refractivity contribution >= 4 is 11.8 Å². The number of nitrogens with one attached hydrogen (secondary N) is 1. The summed E-state index contributed by atoms with van der Waals surface area (Å²) in [6, 6.07) is 0.127. The number of nitrogens with two attached hydrogens (primary N) is 1. The molecule has 1 unspecified atom stereocenters. The highest BCUT2D eigenvalue weighted by molar-refractivity contribution is 5.87. The Balaban J connectivity index is 1.54. The van der Waals surface area contributed by atoms with Crippen molar-refractivity contribution in [1.29, 1.82) is 0 Å². The summed E-state index contributed by atoms with van der Waals surface area (Å²) < 4.78 is 0. The molecule has 2 rings (SSSR count). The summed E-state index contributed by atoms with van der Waals surface area (Å²) in [4.78, 5) is 24.1. The van der Waals surface area contributed by atoms with Crippen molar-refractivity contribution in [2.24, 2.45) is 5.73 Å². The van der Waals surface area contributed by atoms with Crippen LogP contribution in [0.2, 0.25) is 0 Å². The van der Waals surface area contributed by atoms with Gasteiger partial charge in [0.1, 0.15) is 6.04 Å². The minimum atomic E-state index is -0.301. The second-order valence-electron chi connectivity index (χ2n) is 4.34. The molecule has 1 aliphatic carbocycles. The van der Waals surface area contributed by atoms with Gasteiger partial charge in [-0.15, -0.1) is 0 Å². The molecule has 5 heteroatoms. The van der Waals surface area contributed by atoms with Gasteiger partial charge in [-0.25, -0.2) is 0 Å². The first-order valence-electron chi connectivity index (χ1n) is 5.50. The molecule has 84 valence electrons. The fourth-order valence-electron chi connectivity index (χ4n) is 1.69. The molecule has 3 N–H and O–H groups in total. The molecule has 1 aliphatic heterocycles. The SMILES string of the molecule is NC1CN(CCCC(=O)NC2CC2)C1=O. The first-order chi connectivity index (χ1) is 7.16. The number of rotatable bonds is 5. The summed E-state index contributed by atoms with van der Waals surface area (Å²) in [6.07, 6.45) is 3.48. The van der Waals surface area contributed by atoms with Crippen molar-refractivity contribution in [2.75, 3.05) is 13.1 Å².